The van der Waals surface area contributed by atoms with Crippen LogP contribution >= 0.6 is 23.2 Å². The number of nitrogens with zero attached hydrogens (tertiary/aromatic N) is 1. The lowest BCUT2D eigenvalue weighted by Crippen LogP contribution is -2.18. The summed E-state index contributed by atoms with van der Waals surface area (Å²) in [5, 5.41) is 15.8. The minimum Gasteiger partial charge on any atom is -0.389 e. The number of nitrogens with one attached hydrogen (secondary N) is 2. The van der Waals surface area contributed by atoms with Gasteiger partial charge in [-0.05, 0) is 36.2 Å². The third-order valence-corrected chi connectivity index (χ3v) is 3.79. The molecule has 0 bridgehead atoms. The van der Waals surface area contributed by atoms with Crippen molar-refractivity contribution < 1.29 is 4.79 Å². The Kier molecular flexibility index (Phi) is 6.68. The van der Waals surface area contributed by atoms with Crippen molar-refractivity contribution in [2.75, 3.05) is 11.9 Å². The van der Waals surface area contributed by atoms with Gasteiger partial charge in [-0.15, -0.1) is 0 Å². The van der Waals surface area contributed by atoms with Gasteiger partial charge in [0.15, 0.2) is 0 Å². The van der Waals surface area contributed by atoms with E-state index in [1.807, 2.05) is 30.3 Å². The summed E-state index contributed by atoms with van der Waals surface area (Å²) in [7, 11) is 0. The molecule has 0 spiro atoms. The summed E-state index contributed by atoms with van der Waals surface area (Å²) in [6.45, 7) is 0.589. The van der Waals surface area contributed by atoms with Crippen LogP contribution in [-0.2, 0) is 11.2 Å². The fourth-order valence-corrected chi connectivity index (χ4v) is 2.25. The van der Waals surface area contributed by atoms with Gasteiger partial charge in [0.25, 0.3) is 5.91 Å². The first kappa shape index (κ1) is 17.9. The number of carbonyl (C=O) groups excluding carboxylic acids is 1. The van der Waals surface area contributed by atoms with Crippen molar-refractivity contribution in [3.05, 3.63) is 75.9 Å². The average molecular weight is 360 g/mol. The summed E-state index contributed by atoms with van der Waals surface area (Å²) in [6, 6.07) is 16.2. The molecule has 0 aliphatic rings. The third-order valence-electron chi connectivity index (χ3n) is 3.20. The van der Waals surface area contributed by atoms with E-state index < -0.39 is 5.91 Å². The first-order valence-electron chi connectivity index (χ1n) is 7.24. The molecule has 1 amide bonds. The van der Waals surface area contributed by atoms with Crippen LogP contribution in [-0.4, -0.2) is 12.5 Å². The van der Waals surface area contributed by atoms with Crippen molar-refractivity contribution in [2.24, 2.45) is 0 Å². The van der Waals surface area contributed by atoms with Gasteiger partial charge < -0.3 is 10.6 Å². The zero-order valence-corrected chi connectivity index (χ0v) is 14.2. The Morgan fingerprint density at radius 1 is 1.12 bits per heavy atom. The third kappa shape index (κ3) is 5.31. The number of para-hydroxylation sites is 1. The van der Waals surface area contributed by atoms with Gasteiger partial charge in [0, 0.05) is 17.8 Å². The van der Waals surface area contributed by atoms with Crippen molar-refractivity contribution in [2.45, 2.75) is 6.42 Å². The fraction of sp³-hybridized carbons (Fsp3) is 0.111. The molecule has 0 aliphatic heterocycles. The van der Waals surface area contributed by atoms with E-state index in [0.717, 1.165) is 12.0 Å². The highest BCUT2D eigenvalue weighted by Gasteiger charge is 2.10. The van der Waals surface area contributed by atoms with Crippen molar-refractivity contribution in [1.29, 1.82) is 5.26 Å². The molecule has 0 saturated heterocycles. The second-order valence-corrected chi connectivity index (χ2v) is 5.78. The molecule has 0 aromatic heterocycles. The number of halogens is 2. The molecule has 0 unspecified atom stereocenters. The van der Waals surface area contributed by atoms with Crippen LogP contribution in [0, 0.1) is 11.3 Å². The van der Waals surface area contributed by atoms with Crippen LogP contribution in [0.3, 0.4) is 0 Å². The molecular formula is C18H15Cl2N3O. The predicted molar refractivity (Wildman–Crippen MR) is 96.9 cm³/mol. The topological polar surface area (TPSA) is 64.9 Å². The molecule has 0 heterocycles. The molecule has 2 N–H and O–H groups in total. The highest BCUT2D eigenvalue weighted by molar-refractivity contribution is 6.34. The van der Waals surface area contributed by atoms with Gasteiger partial charge in [0.1, 0.15) is 11.6 Å². The summed E-state index contributed by atoms with van der Waals surface area (Å²) < 4.78 is 0. The summed E-state index contributed by atoms with van der Waals surface area (Å²) in [6.07, 6.45) is 2.15. The van der Waals surface area contributed by atoms with Crippen molar-refractivity contribution in [3.8, 4) is 6.07 Å². The minimum atomic E-state index is -0.510. The maximum atomic E-state index is 12.1. The van der Waals surface area contributed by atoms with Gasteiger partial charge in [0.05, 0.1) is 10.7 Å². The lowest BCUT2D eigenvalue weighted by atomic mass is 10.1. The molecule has 2 rings (SSSR count). The molecule has 0 fully saturated rings. The lowest BCUT2D eigenvalue weighted by Gasteiger charge is -2.07. The summed E-state index contributed by atoms with van der Waals surface area (Å²) in [5.74, 6) is -0.510. The van der Waals surface area contributed by atoms with Gasteiger partial charge in [-0.2, -0.15) is 5.26 Å². The molecular weight excluding hydrogens is 345 g/mol. The largest absolute Gasteiger partial charge is 0.389 e. The minimum absolute atomic E-state index is 0.0222. The number of carbonyl (C=O) groups is 1. The Bertz CT molecular complexity index is 780. The summed E-state index contributed by atoms with van der Waals surface area (Å²) in [5.41, 5.74) is 1.55. The maximum Gasteiger partial charge on any atom is 0.267 e. The second kappa shape index (κ2) is 8.97. The molecule has 2 aromatic rings. The Morgan fingerprint density at radius 2 is 1.83 bits per heavy atom. The van der Waals surface area contributed by atoms with Crippen molar-refractivity contribution in [1.82, 2.24) is 5.32 Å². The standard InChI is InChI=1S/C18H15Cl2N3O/c19-15-7-5-13(6-8-15)9-10-22-12-14(11-21)18(24)23-17-4-2-1-3-16(17)20/h1-8,12,22H,9-10H2,(H,23,24)/b14-12-. The number of benzene rings is 2. The summed E-state index contributed by atoms with van der Waals surface area (Å²) in [4.78, 5) is 12.1. The van der Waals surface area contributed by atoms with E-state index in [1.165, 1.54) is 6.20 Å². The Morgan fingerprint density at radius 3 is 2.50 bits per heavy atom. The molecule has 24 heavy (non-hydrogen) atoms. The number of rotatable bonds is 6. The summed E-state index contributed by atoms with van der Waals surface area (Å²) >= 11 is 11.8. The van der Waals surface area contributed by atoms with Crippen LogP contribution in [0.2, 0.25) is 10.0 Å². The SMILES string of the molecule is N#C/C(=C/NCCc1ccc(Cl)cc1)C(=O)Nc1ccccc1Cl. The number of anilines is 1. The van der Waals surface area contributed by atoms with Gasteiger partial charge in [-0.1, -0.05) is 47.5 Å². The van der Waals surface area contributed by atoms with Crippen molar-refractivity contribution >= 4 is 34.8 Å². The lowest BCUT2D eigenvalue weighted by molar-refractivity contribution is -0.112. The smallest absolute Gasteiger partial charge is 0.267 e. The molecule has 0 atom stereocenters. The molecule has 2 aromatic carbocycles. The van der Waals surface area contributed by atoms with Gasteiger partial charge in [0.2, 0.25) is 0 Å². The highest BCUT2D eigenvalue weighted by atomic mass is 35.5. The Hall–Kier alpha value is -2.48. The molecule has 0 saturated carbocycles. The second-order valence-electron chi connectivity index (χ2n) is 4.93. The molecule has 6 heteroatoms. The zero-order chi connectivity index (χ0) is 17.4. The number of nitriles is 1. The van der Waals surface area contributed by atoms with Crippen LogP contribution in [0.1, 0.15) is 5.56 Å². The molecule has 0 aliphatic carbocycles. The maximum absolute atomic E-state index is 12.1. The zero-order valence-electron chi connectivity index (χ0n) is 12.7. The molecule has 4 nitrogen and oxygen atoms in total. The number of hydrogen-bond acceptors (Lipinski definition) is 3. The fourth-order valence-electron chi connectivity index (χ4n) is 1.94. The van der Waals surface area contributed by atoms with Crippen LogP contribution in [0.5, 0.6) is 0 Å². The number of hydrogen-bond donors (Lipinski definition) is 2. The van der Waals surface area contributed by atoms with Crippen LogP contribution < -0.4 is 10.6 Å². The average Bonchev–Trinajstić information content (AvgIpc) is 2.58. The quantitative estimate of drug-likeness (QED) is 0.462. The molecule has 0 radical (unpaired) electrons. The van der Waals surface area contributed by atoms with Gasteiger partial charge in [-0.25, -0.2) is 0 Å². The monoisotopic (exact) mass is 359 g/mol. The van der Waals surface area contributed by atoms with Crippen LogP contribution in [0.25, 0.3) is 0 Å². The van der Waals surface area contributed by atoms with E-state index >= 15 is 0 Å². The number of amides is 1. The van der Waals surface area contributed by atoms with Gasteiger partial charge >= 0.3 is 0 Å². The first-order chi connectivity index (χ1) is 11.6. The van der Waals surface area contributed by atoms with E-state index in [9.17, 15) is 4.79 Å². The molecule has 122 valence electrons. The van der Waals surface area contributed by atoms with E-state index in [0.29, 0.717) is 22.3 Å². The van der Waals surface area contributed by atoms with E-state index in [-0.39, 0.29) is 5.57 Å². The van der Waals surface area contributed by atoms with E-state index in [1.54, 1.807) is 24.3 Å². The van der Waals surface area contributed by atoms with Crippen LogP contribution in [0.4, 0.5) is 5.69 Å². The Balaban J connectivity index is 1.89. The van der Waals surface area contributed by atoms with Crippen LogP contribution in [0.15, 0.2) is 60.3 Å². The highest BCUT2D eigenvalue weighted by Crippen LogP contribution is 2.20. The van der Waals surface area contributed by atoms with E-state index in [2.05, 4.69) is 10.6 Å². The Labute approximate surface area is 150 Å². The van der Waals surface area contributed by atoms with E-state index in [4.69, 9.17) is 28.5 Å². The van der Waals surface area contributed by atoms with Crippen molar-refractivity contribution in [3.63, 3.8) is 0 Å². The normalized spacial score (nSPS) is 10.8. The first-order valence-corrected chi connectivity index (χ1v) is 7.99. The van der Waals surface area contributed by atoms with Gasteiger partial charge in [-0.3, -0.25) is 4.79 Å². The predicted octanol–water partition coefficient (Wildman–Crippen LogP) is 4.17.